The topological polar surface area (TPSA) is 27.7 Å². The Hall–Kier alpha value is 0.0969. The third-order valence-electron chi connectivity index (χ3n) is 2.36. The molecule has 3 nitrogen and oxygen atoms in total. The third-order valence-corrected chi connectivity index (χ3v) is 4.08. The zero-order valence-electron chi connectivity index (χ0n) is 11.2. The second-order valence-corrected chi connectivity index (χ2v) is 5.42. The Bertz CT molecular complexity index is 127. The lowest BCUT2D eigenvalue weighted by atomic mass is 10.1. The van der Waals surface area contributed by atoms with E-state index in [1.54, 1.807) is 0 Å². The van der Waals surface area contributed by atoms with Crippen molar-refractivity contribution >= 4 is 9.53 Å². The predicted octanol–water partition coefficient (Wildman–Crippen LogP) is 3.15. The molecule has 0 amide bonds. The maximum Gasteiger partial charge on any atom is 0.484 e. The second-order valence-electron chi connectivity index (χ2n) is 3.84. The Morgan fingerprint density at radius 2 is 1.25 bits per heavy atom. The summed E-state index contributed by atoms with van der Waals surface area (Å²) in [7, 11) is -1.80. The number of hydrogen-bond donors (Lipinski definition) is 0. The molecule has 4 heteroatoms. The molecule has 0 saturated carbocycles. The van der Waals surface area contributed by atoms with Crippen LogP contribution in [-0.4, -0.2) is 29.3 Å². The third kappa shape index (κ3) is 10.6. The van der Waals surface area contributed by atoms with Crippen molar-refractivity contribution < 1.29 is 13.3 Å². The highest BCUT2D eigenvalue weighted by Gasteiger charge is 2.12. The average Bonchev–Trinajstić information content (AvgIpc) is 2.28. The number of hydrogen-bond acceptors (Lipinski definition) is 3. The molecule has 0 saturated heterocycles. The van der Waals surface area contributed by atoms with Crippen LogP contribution in [0.1, 0.15) is 59.3 Å². The quantitative estimate of drug-likeness (QED) is 0.392. The standard InChI is InChI=1S/C12H28O3Si/c1-4-7-8-9-10-11-12-15-16(13-5-2)14-6-3/h16H,4-12H2,1-3H3. The van der Waals surface area contributed by atoms with Crippen LogP contribution < -0.4 is 0 Å². The van der Waals surface area contributed by atoms with E-state index in [0.29, 0.717) is 13.2 Å². The molecule has 0 radical (unpaired) electrons. The fraction of sp³-hybridized carbons (Fsp3) is 1.00. The molecule has 16 heavy (non-hydrogen) atoms. The highest BCUT2D eigenvalue weighted by Crippen LogP contribution is 2.05. The first-order valence-electron chi connectivity index (χ1n) is 6.69. The second kappa shape index (κ2) is 13.2. The van der Waals surface area contributed by atoms with E-state index in [0.717, 1.165) is 13.0 Å². The van der Waals surface area contributed by atoms with Gasteiger partial charge < -0.3 is 13.3 Å². The van der Waals surface area contributed by atoms with Crippen LogP contribution in [-0.2, 0) is 13.3 Å². The number of rotatable bonds is 12. The van der Waals surface area contributed by atoms with Gasteiger partial charge >= 0.3 is 9.53 Å². The van der Waals surface area contributed by atoms with Crippen LogP contribution in [0.3, 0.4) is 0 Å². The van der Waals surface area contributed by atoms with Gasteiger partial charge in [-0.3, -0.25) is 0 Å². The van der Waals surface area contributed by atoms with Crippen LogP contribution in [0.4, 0.5) is 0 Å². The minimum atomic E-state index is -1.80. The minimum absolute atomic E-state index is 0.688. The van der Waals surface area contributed by atoms with Crippen LogP contribution >= 0.6 is 0 Å². The first kappa shape index (κ1) is 16.1. The van der Waals surface area contributed by atoms with Crippen LogP contribution in [0.2, 0.25) is 0 Å². The van der Waals surface area contributed by atoms with Crippen LogP contribution in [0.5, 0.6) is 0 Å². The average molecular weight is 248 g/mol. The van der Waals surface area contributed by atoms with E-state index in [4.69, 9.17) is 13.3 Å². The lowest BCUT2D eigenvalue weighted by molar-refractivity contribution is 0.100. The van der Waals surface area contributed by atoms with Gasteiger partial charge in [0.05, 0.1) is 0 Å². The number of unbranched alkanes of at least 4 members (excludes halogenated alkanes) is 5. The molecule has 0 atom stereocenters. The van der Waals surface area contributed by atoms with Gasteiger partial charge in [0.1, 0.15) is 0 Å². The summed E-state index contributed by atoms with van der Waals surface area (Å²) in [6, 6.07) is 0. The van der Waals surface area contributed by atoms with Gasteiger partial charge in [0.15, 0.2) is 0 Å². The molecule has 0 heterocycles. The lowest BCUT2D eigenvalue weighted by Gasteiger charge is -2.14. The molecule has 0 aliphatic heterocycles. The molecule has 98 valence electrons. The summed E-state index contributed by atoms with van der Waals surface area (Å²) in [4.78, 5) is 0. The molecular formula is C12H28O3Si. The van der Waals surface area contributed by atoms with E-state index in [2.05, 4.69) is 6.92 Å². The Labute approximate surface area is 102 Å². The fourth-order valence-electron chi connectivity index (χ4n) is 1.48. The molecule has 0 rings (SSSR count). The molecule has 0 N–H and O–H groups in total. The Morgan fingerprint density at radius 3 is 1.81 bits per heavy atom. The Kier molecular flexibility index (Phi) is 13.2. The van der Waals surface area contributed by atoms with Crippen molar-refractivity contribution in [1.29, 1.82) is 0 Å². The molecule has 0 aromatic carbocycles. The zero-order chi connectivity index (χ0) is 12.1. The van der Waals surface area contributed by atoms with Crippen molar-refractivity contribution in [3.63, 3.8) is 0 Å². The summed E-state index contributed by atoms with van der Waals surface area (Å²) >= 11 is 0. The smallest absolute Gasteiger partial charge is 0.376 e. The van der Waals surface area contributed by atoms with Gasteiger partial charge in [0.25, 0.3) is 0 Å². The summed E-state index contributed by atoms with van der Waals surface area (Å²) in [5.41, 5.74) is 0. The molecule has 0 unspecified atom stereocenters. The molecule has 0 aliphatic carbocycles. The Morgan fingerprint density at radius 1 is 0.688 bits per heavy atom. The minimum Gasteiger partial charge on any atom is -0.376 e. The van der Waals surface area contributed by atoms with Gasteiger partial charge in [-0.2, -0.15) is 0 Å². The SMILES string of the molecule is CCCCCCCCO[SiH](OCC)OCC. The molecular weight excluding hydrogens is 220 g/mol. The van der Waals surface area contributed by atoms with Gasteiger partial charge in [-0.15, -0.1) is 0 Å². The van der Waals surface area contributed by atoms with Crippen molar-refractivity contribution in [1.82, 2.24) is 0 Å². The molecule has 0 aromatic heterocycles. The van der Waals surface area contributed by atoms with Gasteiger partial charge in [0.2, 0.25) is 0 Å². The van der Waals surface area contributed by atoms with Crippen LogP contribution in [0.25, 0.3) is 0 Å². The molecule has 0 aromatic rings. The first-order valence-corrected chi connectivity index (χ1v) is 8.11. The van der Waals surface area contributed by atoms with Crippen LogP contribution in [0.15, 0.2) is 0 Å². The van der Waals surface area contributed by atoms with E-state index in [1.807, 2.05) is 13.8 Å². The summed E-state index contributed by atoms with van der Waals surface area (Å²) in [6.07, 6.45) is 7.74. The summed E-state index contributed by atoms with van der Waals surface area (Å²) in [5, 5.41) is 0. The largest absolute Gasteiger partial charge is 0.484 e. The van der Waals surface area contributed by atoms with Gasteiger partial charge in [0, 0.05) is 19.8 Å². The lowest BCUT2D eigenvalue weighted by Crippen LogP contribution is -2.27. The summed E-state index contributed by atoms with van der Waals surface area (Å²) < 4.78 is 16.5. The summed E-state index contributed by atoms with van der Waals surface area (Å²) in [6.45, 7) is 8.37. The normalized spacial score (nSPS) is 11.2. The van der Waals surface area contributed by atoms with Gasteiger partial charge in [-0.05, 0) is 20.3 Å². The monoisotopic (exact) mass is 248 g/mol. The fourth-order valence-corrected chi connectivity index (χ4v) is 2.67. The molecule has 0 aliphatic rings. The van der Waals surface area contributed by atoms with Gasteiger partial charge in [-0.25, -0.2) is 0 Å². The zero-order valence-corrected chi connectivity index (χ0v) is 12.3. The highest BCUT2D eigenvalue weighted by molar-refractivity contribution is 6.36. The predicted molar refractivity (Wildman–Crippen MR) is 69.7 cm³/mol. The van der Waals surface area contributed by atoms with Crippen LogP contribution in [0, 0.1) is 0 Å². The first-order chi connectivity index (χ1) is 7.85. The van der Waals surface area contributed by atoms with Crippen molar-refractivity contribution in [3.05, 3.63) is 0 Å². The van der Waals surface area contributed by atoms with Crippen molar-refractivity contribution in [2.24, 2.45) is 0 Å². The van der Waals surface area contributed by atoms with E-state index >= 15 is 0 Å². The van der Waals surface area contributed by atoms with Crippen molar-refractivity contribution in [2.75, 3.05) is 19.8 Å². The van der Waals surface area contributed by atoms with E-state index in [-0.39, 0.29) is 0 Å². The van der Waals surface area contributed by atoms with E-state index in [9.17, 15) is 0 Å². The summed E-state index contributed by atoms with van der Waals surface area (Å²) in [5.74, 6) is 0. The van der Waals surface area contributed by atoms with E-state index in [1.165, 1.54) is 32.1 Å². The van der Waals surface area contributed by atoms with E-state index < -0.39 is 9.53 Å². The molecule has 0 spiro atoms. The maximum absolute atomic E-state index is 5.62. The highest BCUT2D eigenvalue weighted by atomic mass is 28.3. The Balaban J connectivity index is 3.25. The van der Waals surface area contributed by atoms with Gasteiger partial charge in [-0.1, -0.05) is 39.0 Å². The van der Waals surface area contributed by atoms with Crippen molar-refractivity contribution in [2.45, 2.75) is 59.3 Å². The van der Waals surface area contributed by atoms with Crippen molar-refractivity contribution in [3.8, 4) is 0 Å². The maximum atomic E-state index is 5.62. The molecule has 0 fully saturated rings. The molecule has 0 bridgehead atoms.